The summed E-state index contributed by atoms with van der Waals surface area (Å²) in [7, 11) is 3.65. The number of carbonyl (C=O) groups excluding carboxylic acids is 1. The van der Waals surface area contributed by atoms with Gasteiger partial charge in [-0.15, -0.1) is 0 Å². The zero-order valence-electron chi connectivity index (χ0n) is 13.5. The number of anilines is 1. The lowest BCUT2D eigenvalue weighted by Gasteiger charge is -2.21. The monoisotopic (exact) mass is 303 g/mol. The van der Waals surface area contributed by atoms with E-state index in [-0.39, 0.29) is 17.4 Å². The number of hydrogen-bond acceptors (Lipinski definition) is 4. The fraction of sp³-hybridized carbons (Fsp3) is 0.438. The van der Waals surface area contributed by atoms with E-state index in [0.29, 0.717) is 17.1 Å². The van der Waals surface area contributed by atoms with Gasteiger partial charge in [-0.2, -0.15) is 0 Å². The fourth-order valence-corrected chi connectivity index (χ4v) is 2.39. The van der Waals surface area contributed by atoms with Gasteiger partial charge in [-0.1, -0.05) is 19.9 Å². The average molecular weight is 303 g/mol. The lowest BCUT2D eigenvalue weighted by molar-refractivity contribution is -0.124. The Bertz CT molecular complexity index is 665. The lowest BCUT2D eigenvalue weighted by atomic mass is 9.89. The fourth-order valence-electron chi connectivity index (χ4n) is 2.39. The van der Waals surface area contributed by atoms with Gasteiger partial charge in [-0.3, -0.25) is 9.79 Å². The number of nitrogens with one attached hydrogen (secondary N) is 1. The van der Waals surface area contributed by atoms with E-state index < -0.39 is 11.5 Å². The van der Waals surface area contributed by atoms with Crippen LogP contribution in [0.3, 0.4) is 0 Å². The first-order chi connectivity index (χ1) is 10.2. The van der Waals surface area contributed by atoms with Crippen LogP contribution in [0.25, 0.3) is 0 Å². The summed E-state index contributed by atoms with van der Waals surface area (Å²) in [5.41, 5.74) is 0.382. The van der Waals surface area contributed by atoms with E-state index in [1.165, 1.54) is 6.07 Å². The Kier molecular flexibility index (Phi) is 3.96. The van der Waals surface area contributed by atoms with Crippen LogP contribution in [0.5, 0.6) is 0 Å². The van der Waals surface area contributed by atoms with E-state index in [1.54, 1.807) is 13.0 Å². The van der Waals surface area contributed by atoms with Gasteiger partial charge in [0.25, 0.3) is 5.91 Å². The number of amidine groups is 1. The van der Waals surface area contributed by atoms with E-state index in [0.717, 1.165) is 0 Å². The Morgan fingerprint density at radius 3 is 2.45 bits per heavy atom. The molecular weight excluding hydrogens is 282 g/mol. The second-order valence-electron chi connectivity index (χ2n) is 6.12. The van der Waals surface area contributed by atoms with Crippen molar-refractivity contribution in [3.05, 3.63) is 29.3 Å². The third-order valence-electron chi connectivity index (χ3n) is 4.15. The van der Waals surface area contributed by atoms with Gasteiger partial charge in [-0.05, 0) is 25.0 Å². The minimum absolute atomic E-state index is 0.00444. The number of benzene rings is 1. The van der Waals surface area contributed by atoms with Gasteiger partial charge < -0.3 is 15.3 Å². The normalized spacial score (nSPS) is 20.8. The zero-order chi connectivity index (χ0) is 16.7. The molecule has 0 radical (unpaired) electrons. The molecule has 0 saturated heterocycles. The Labute approximate surface area is 129 Å². The number of aliphatic imine (C=N–C) groups is 1. The van der Waals surface area contributed by atoms with Crippen molar-refractivity contribution in [3.63, 3.8) is 0 Å². The van der Waals surface area contributed by atoms with Crippen LogP contribution < -0.4 is 10.2 Å². The Morgan fingerprint density at radius 2 is 2.00 bits per heavy atom. The van der Waals surface area contributed by atoms with Crippen LogP contribution in [-0.4, -0.2) is 42.5 Å². The molecule has 1 amide bonds. The van der Waals surface area contributed by atoms with E-state index >= 15 is 0 Å². The van der Waals surface area contributed by atoms with E-state index in [4.69, 9.17) is 0 Å². The molecule has 118 valence electrons. The maximum absolute atomic E-state index is 12.3. The molecule has 0 aromatic heterocycles. The van der Waals surface area contributed by atoms with Gasteiger partial charge >= 0.3 is 5.97 Å². The summed E-state index contributed by atoms with van der Waals surface area (Å²) in [6.07, 6.45) is 0. The highest BCUT2D eigenvalue weighted by molar-refractivity contribution is 6.20. The van der Waals surface area contributed by atoms with Crippen molar-refractivity contribution in [2.75, 3.05) is 19.0 Å². The molecule has 1 atom stereocenters. The number of hydrogen-bond donors (Lipinski definition) is 2. The first kappa shape index (κ1) is 16.0. The number of carbonyl (C=O) groups is 2. The summed E-state index contributed by atoms with van der Waals surface area (Å²) in [4.78, 5) is 30.2. The Morgan fingerprint density at radius 1 is 1.36 bits per heavy atom. The van der Waals surface area contributed by atoms with Gasteiger partial charge in [0.2, 0.25) is 0 Å². The molecule has 22 heavy (non-hydrogen) atoms. The van der Waals surface area contributed by atoms with Crippen molar-refractivity contribution in [1.82, 2.24) is 5.32 Å². The lowest BCUT2D eigenvalue weighted by Crippen LogP contribution is -2.41. The highest BCUT2D eigenvalue weighted by Crippen LogP contribution is 2.31. The second kappa shape index (κ2) is 5.44. The van der Waals surface area contributed by atoms with Gasteiger partial charge in [-0.25, -0.2) is 4.79 Å². The van der Waals surface area contributed by atoms with Crippen LogP contribution in [-0.2, 0) is 4.79 Å². The number of rotatable bonds is 4. The van der Waals surface area contributed by atoms with Gasteiger partial charge in [0.1, 0.15) is 11.4 Å². The van der Waals surface area contributed by atoms with Gasteiger partial charge in [0.15, 0.2) is 0 Å². The van der Waals surface area contributed by atoms with Crippen LogP contribution in [0.2, 0.25) is 0 Å². The molecule has 1 heterocycles. The molecule has 1 aliphatic heterocycles. The van der Waals surface area contributed by atoms with Crippen molar-refractivity contribution in [2.45, 2.75) is 26.3 Å². The molecule has 1 unspecified atom stereocenters. The third kappa shape index (κ3) is 2.45. The minimum Gasteiger partial charge on any atom is -0.478 e. The number of carboxylic acids is 1. The molecule has 2 N–H and O–H groups in total. The predicted octanol–water partition coefficient (Wildman–Crippen LogP) is 1.74. The molecule has 0 fully saturated rings. The molecule has 6 heteroatoms. The molecule has 0 aliphatic carbocycles. The van der Waals surface area contributed by atoms with Crippen LogP contribution in [0.4, 0.5) is 5.69 Å². The molecule has 1 aromatic rings. The molecule has 2 rings (SSSR count). The third-order valence-corrected chi connectivity index (χ3v) is 4.15. The molecule has 0 spiro atoms. The molecule has 6 nitrogen and oxygen atoms in total. The molecule has 1 aliphatic rings. The summed E-state index contributed by atoms with van der Waals surface area (Å²) in [5.74, 6) is -0.927. The van der Waals surface area contributed by atoms with Crippen molar-refractivity contribution < 1.29 is 14.7 Å². The van der Waals surface area contributed by atoms with Crippen LogP contribution in [0, 0.1) is 5.92 Å². The molecule has 0 saturated carbocycles. The van der Waals surface area contributed by atoms with Gasteiger partial charge in [0.05, 0.1) is 11.1 Å². The van der Waals surface area contributed by atoms with Crippen molar-refractivity contribution in [2.24, 2.45) is 10.9 Å². The molecule has 0 bridgehead atoms. The maximum Gasteiger partial charge on any atom is 0.336 e. The first-order valence-corrected chi connectivity index (χ1v) is 7.13. The van der Waals surface area contributed by atoms with Crippen molar-refractivity contribution in [1.29, 1.82) is 0 Å². The largest absolute Gasteiger partial charge is 0.478 e. The number of carboxylic acid groups (broad SMARTS) is 1. The highest BCUT2D eigenvalue weighted by Gasteiger charge is 2.43. The van der Waals surface area contributed by atoms with E-state index in [2.05, 4.69) is 10.3 Å². The minimum atomic E-state index is -1.05. The summed E-state index contributed by atoms with van der Waals surface area (Å²) < 4.78 is 0. The predicted molar refractivity (Wildman–Crippen MR) is 85.7 cm³/mol. The Hall–Kier alpha value is -2.37. The van der Waals surface area contributed by atoms with Crippen LogP contribution in [0.1, 0.15) is 36.7 Å². The topological polar surface area (TPSA) is 82.0 Å². The van der Waals surface area contributed by atoms with Gasteiger partial charge in [0, 0.05) is 19.8 Å². The van der Waals surface area contributed by atoms with Crippen LogP contribution >= 0.6 is 0 Å². The molecule has 1 aromatic carbocycles. The summed E-state index contributed by atoms with van der Waals surface area (Å²) >= 11 is 0. The molecular formula is C16H21N3O3. The SMILES string of the molecule is CC(C)C1(C)N=C(c2c(C(=O)O)cccc2N(C)C)NC1=O. The number of aromatic carboxylic acids is 1. The quantitative estimate of drug-likeness (QED) is 0.887. The van der Waals surface area contributed by atoms with Crippen molar-refractivity contribution >= 4 is 23.4 Å². The van der Waals surface area contributed by atoms with Crippen LogP contribution in [0.15, 0.2) is 23.2 Å². The number of amides is 1. The van der Waals surface area contributed by atoms with E-state index in [9.17, 15) is 14.7 Å². The zero-order valence-corrected chi connectivity index (χ0v) is 13.5. The average Bonchev–Trinajstić information content (AvgIpc) is 2.75. The maximum atomic E-state index is 12.3. The summed E-state index contributed by atoms with van der Waals surface area (Å²) in [6.45, 7) is 5.60. The smallest absolute Gasteiger partial charge is 0.336 e. The van der Waals surface area contributed by atoms with Crippen molar-refractivity contribution in [3.8, 4) is 0 Å². The number of nitrogens with zero attached hydrogens (tertiary/aromatic N) is 2. The standard InChI is InChI=1S/C16H21N3O3/c1-9(2)16(3)15(22)17-13(18-16)12-10(14(20)21)7-6-8-11(12)19(4)5/h6-9H,1-5H3,(H,20,21)(H,17,18,22). The first-order valence-electron chi connectivity index (χ1n) is 7.13. The summed E-state index contributed by atoms with van der Waals surface area (Å²) in [5, 5.41) is 12.2. The Balaban J connectivity index is 2.67. The highest BCUT2D eigenvalue weighted by atomic mass is 16.4. The summed E-state index contributed by atoms with van der Waals surface area (Å²) in [6, 6.07) is 5.01. The second-order valence-corrected chi connectivity index (χ2v) is 6.12. The van der Waals surface area contributed by atoms with E-state index in [1.807, 2.05) is 38.9 Å².